The maximum Gasteiger partial charge on any atom is 0.108 e. The Hall–Kier alpha value is -1.22. The highest BCUT2D eigenvalue weighted by molar-refractivity contribution is 5.44. The van der Waals surface area contributed by atoms with E-state index in [0.29, 0.717) is 5.69 Å². The quantitative estimate of drug-likeness (QED) is 0.639. The van der Waals surface area contributed by atoms with Crippen molar-refractivity contribution in [2.24, 2.45) is 5.18 Å². The van der Waals surface area contributed by atoms with E-state index in [1.807, 2.05) is 12.1 Å². The summed E-state index contributed by atoms with van der Waals surface area (Å²) in [5.74, 6) is 0. The van der Waals surface area contributed by atoms with Crippen LogP contribution in [0.4, 0.5) is 5.69 Å². The summed E-state index contributed by atoms with van der Waals surface area (Å²) in [6.45, 7) is 1.89. The van der Waals surface area contributed by atoms with E-state index in [4.69, 9.17) is 0 Å². The van der Waals surface area contributed by atoms with Gasteiger partial charge in [-0.3, -0.25) is 0 Å². The molecule has 0 fully saturated rings. The highest BCUT2D eigenvalue weighted by Gasteiger charge is 2.08. The molecule has 0 saturated heterocycles. The first-order valence-corrected chi connectivity index (χ1v) is 4.06. The highest BCUT2D eigenvalue weighted by atomic mass is 16.3. The zero-order chi connectivity index (χ0) is 8.39. The fraction of sp³-hybridized carbons (Fsp3) is 0.333. The van der Waals surface area contributed by atoms with Gasteiger partial charge in [-0.05, 0) is 41.4 Å². The third-order valence-electron chi connectivity index (χ3n) is 2.18. The topological polar surface area (TPSA) is 41.5 Å². The summed E-state index contributed by atoms with van der Waals surface area (Å²) in [7, 11) is 0. The Kier molecular flexibility index (Phi) is 1.87. The molecule has 0 radical (unpaired) electrons. The molecule has 12 heavy (non-hydrogen) atoms. The van der Waals surface area contributed by atoms with E-state index in [0.717, 1.165) is 19.5 Å². The minimum atomic E-state index is 0.525. The molecule has 0 saturated carbocycles. The highest BCUT2D eigenvalue weighted by Crippen LogP contribution is 2.20. The second-order valence-electron chi connectivity index (χ2n) is 2.97. The molecule has 0 atom stereocenters. The molecule has 2 rings (SSSR count). The lowest BCUT2D eigenvalue weighted by Crippen LogP contribution is -2.23. The summed E-state index contributed by atoms with van der Waals surface area (Å²) in [5, 5.41) is 6.15. The van der Waals surface area contributed by atoms with Crippen LogP contribution in [0.2, 0.25) is 0 Å². The normalized spacial score (nSPS) is 15.3. The lowest BCUT2D eigenvalue weighted by Gasteiger charge is -2.16. The molecule has 0 aliphatic carbocycles. The van der Waals surface area contributed by atoms with E-state index in [9.17, 15) is 4.91 Å². The molecule has 1 aromatic carbocycles. The van der Waals surface area contributed by atoms with Gasteiger partial charge in [-0.1, -0.05) is 6.07 Å². The smallest absolute Gasteiger partial charge is 0.108 e. The second kappa shape index (κ2) is 3.03. The van der Waals surface area contributed by atoms with Crippen molar-refractivity contribution in [3.8, 4) is 0 Å². The average molecular weight is 162 g/mol. The van der Waals surface area contributed by atoms with Gasteiger partial charge in [-0.25, -0.2) is 0 Å². The lowest BCUT2D eigenvalue weighted by atomic mass is 10.0. The molecule has 0 aromatic heterocycles. The van der Waals surface area contributed by atoms with Crippen LogP contribution in [-0.4, -0.2) is 6.54 Å². The van der Waals surface area contributed by atoms with Gasteiger partial charge in [0.05, 0.1) is 0 Å². The summed E-state index contributed by atoms with van der Waals surface area (Å²) in [6.07, 6.45) is 1.05. The van der Waals surface area contributed by atoms with E-state index in [1.54, 1.807) is 6.07 Å². The molecule has 1 aliphatic heterocycles. The van der Waals surface area contributed by atoms with Gasteiger partial charge < -0.3 is 5.32 Å². The molecule has 62 valence electrons. The third kappa shape index (κ3) is 1.23. The fourth-order valence-corrected chi connectivity index (χ4v) is 1.52. The van der Waals surface area contributed by atoms with Crippen LogP contribution >= 0.6 is 0 Å². The maximum atomic E-state index is 10.2. The molecule has 0 bridgehead atoms. The summed E-state index contributed by atoms with van der Waals surface area (Å²) in [6, 6.07) is 5.62. The molecule has 1 aromatic rings. The van der Waals surface area contributed by atoms with Crippen LogP contribution in [0.1, 0.15) is 11.1 Å². The number of nitrogens with one attached hydrogen (secondary N) is 1. The number of nitrogens with zero attached hydrogens (tertiary/aromatic N) is 1. The molecular weight excluding hydrogens is 152 g/mol. The molecule has 3 nitrogen and oxygen atoms in total. The van der Waals surface area contributed by atoms with E-state index in [2.05, 4.69) is 10.5 Å². The monoisotopic (exact) mass is 162 g/mol. The van der Waals surface area contributed by atoms with Crippen molar-refractivity contribution < 1.29 is 0 Å². The first-order chi connectivity index (χ1) is 5.90. The Morgan fingerprint density at radius 3 is 3.08 bits per heavy atom. The van der Waals surface area contributed by atoms with Crippen LogP contribution in [0, 0.1) is 4.91 Å². The number of hydrogen-bond acceptors (Lipinski definition) is 3. The van der Waals surface area contributed by atoms with Gasteiger partial charge in [0.15, 0.2) is 0 Å². The Morgan fingerprint density at radius 2 is 2.25 bits per heavy atom. The predicted octanol–water partition coefficient (Wildman–Crippen LogP) is 1.73. The summed E-state index contributed by atoms with van der Waals surface area (Å²) >= 11 is 0. The van der Waals surface area contributed by atoms with Crippen LogP contribution in [0.3, 0.4) is 0 Å². The Balaban J connectivity index is 2.42. The Morgan fingerprint density at radius 1 is 1.33 bits per heavy atom. The molecule has 3 heteroatoms. The minimum Gasteiger partial charge on any atom is -0.312 e. The van der Waals surface area contributed by atoms with E-state index < -0.39 is 0 Å². The van der Waals surface area contributed by atoms with Gasteiger partial charge in [0, 0.05) is 6.54 Å². The summed E-state index contributed by atoms with van der Waals surface area (Å²) in [5.41, 5.74) is 3.07. The van der Waals surface area contributed by atoms with Crippen molar-refractivity contribution in [3.05, 3.63) is 34.2 Å². The van der Waals surface area contributed by atoms with Gasteiger partial charge in [-0.15, -0.1) is 4.91 Å². The first kappa shape index (κ1) is 7.43. The molecule has 0 unspecified atom stereocenters. The molecule has 1 N–H and O–H groups in total. The van der Waals surface area contributed by atoms with Crippen molar-refractivity contribution in [1.29, 1.82) is 0 Å². The van der Waals surface area contributed by atoms with Crippen LogP contribution < -0.4 is 5.32 Å². The number of rotatable bonds is 1. The van der Waals surface area contributed by atoms with Crippen molar-refractivity contribution in [1.82, 2.24) is 5.32 Å². The van der Waals surface area contributed by atoms with Gasteiger partial charge in [0.25, 0.3) is 0 Å². The Labute approximate surface area is 70.8 Å². The molecule has 1 aliphatic rings. The molecule has 0 amide bonds. The maximum absolute atomic E-state index is 10.2. The zero-order valence-electron chi connectivity index (χ0n) is 6.71. The van der Waals surface area contributed by atoms with Crippen LogP contribution in [0.15, 0.2) is 23.4 Å². The largest absolute Gasteiger partial charge is 0.312 e. The fourth-order valence-electron chi connectivity index (χ4n) is 1.52. The standard InChI is InChI=1S/C9H10N2O/c12-11-9-2-1-7-3-4-10-6-8(7)5-9/h1-2,5,10H,3-4,6H2. The minimum absolute atomic E-state index is 0.525. The van der Waals surface area contributed by atoms with E-state index in [-0.39, 0.29) is 0 Å². The van der Waals surface area contributed by atoms with Crippen molar-refractivity contribution in [2.45, 2.75) is 13.0 Å². The van der Waals surface area contributed by atoms with Gasteiger partial charge in [0.1, 0.15) is 5.69 Å². The summed E-state index contributed by atoms with van der Waals surface area (Å²) in [4.78, 5) is 10.2. The first-order valence-electron chi connectivity index (χ1n) is 4.06. The Bertz CT molecular complexity index is 309. The predicted molar refractivity (Wildman–Crippen MR) is 47.3 cm³/mol. The second-order valence-corrected chi connectivity index (χ2v) is 2.97. The zero-order valence-corrected chi connectivity index (χ0v) is 6.71. The third-order valence-corrected chi connectivity index (χ3v) is 2.18. The average Bonchev–Trinajstić information content (AvgIpc) is 2.17. The van der Waals surface area contributed by atoms with Crippen molar-refractivity contribution in [3.63, 3.8) is 0 Å². The SMILES string of the molecule is O=Nc1ccc2c(c1)CNCC2. The number of fused-ring (bicyclic) bond motifs is 1. The van der Waals surface area contributed by atoms with Crippen LogP contribution in [0.25, 0.3) is 0 Å². The van der Waals surface area contributed by atoms with Crippen LogP contribution in [0.5, 0.6) is 0 Å². The van der Waals surface area contributed by atoms with Crippen molar-refractivity contribution in [2.75, 3.05) is 6.54 Å². The number of benzene rings is 1. The molecular formula is C9H10N2O. The molecule has 1 heterocycles. The lowest BCUT2D eigenvalue weighted by molar-refractivity contribution is 0.644. The van der Waals surface area contributed by atoms with E-state index in [1.165, 1.54) is 11.1 Å². The van der Waals surface area contributed by atoms with Gasteiger partial charge in [-0.2, -0.15) is 0 Å². The van der Waals surface area contributed by atoms with Crippen LogP contribution in [-0.2, 0) is 13.0 Å². The number of hydrogen-bond donors (Lipinski definition) is 1. The van der Waals surface area contributed by atoms with E-state index >= 15 is 0 Å². The van der Waals surface area contributed by atoms with Gasteiger partial charge in [0.2, 0.25) is 0 Å². The molecule has 0 spiro atoms. The summed E-state index contributed by atoms with van der Waals surface area (Å²) < 4.78 is 0. The van der Waals surface area contributed by atoms with Gasteiger partial charge >= 0.3 is 0 Å². The number of nitroso groups, excluding NO2 is 1. The van der Waals surface area contributed by atoms with Crippen molar-refractivity contribution >= 4 is 5.69 Å².